The topological polar surface area (TPSA) is 8.81 Å². The Balaban J connectivity index is 2.43. The summed E-state index contributed by atoms with van der Waals surface area (Å²) in [4.78, 5) is 0. The molecule has 0 saturated heterocycles. The van der Waals surface area contributed by atoms with Gasteiger partial charge in [-0.2, -0.15) is 0 Å². The maximum atomic E-state index is 3.88. The van der Waals surface area contributed by atoms with Crippen LogP contribution in [0.2, 0.25) is 12.6 Å². The number of hydrogen-bond acceptors (Lipinski definition) is 0. The van der Waals surface area contributed by atoms with Crippen molar-refractivity contribution < 1.29 is 4.57 Å². The summed E-state index contributed by atoms with van der Waals surface area (Å²) < 4.78 is 4.74. The predicted molar refractivity (Wildman–Crippen MR) is 149 cm³/mol. The number of hydrogen-bond donors (Lipinski definition) is 0. The van der Waals surface area contributed by atoms with Crippen LogP contribution in [0.1, 0.15) is 115 Å². The summed E-state index contributed by atoms with van der Waals surface area (Å²) in [5.41, 5.74) is 9.60. The lowest BCUT2D eigenvalue weighted by Crippen LogP contribution is -2.53. The van der Waals surface area contributed by atoms with Crippen LogP contribution in [0.4, 0.5) is 0 Å². The summed E-state index contributed by atoms with van der Waals surface area (Å²) in [6, 6.07) is 13.7. The van der Waals surface area contributed by atoms with Crippen LogP contribution in [0.3, 0.4) is 0 Å². The highest BCUT2D eigenvalue weighted by atomic mass is 15.1. The molecule has 3 rings (SSSR count). The van der Waals surface area contributed by atoms with Crippen molar-refractivity contribution in [2.75, 3.05) is 0 Å². The lowest BCUT2D eigenvalue weighted by atomic mass is 9.43. The Labute approximate surface area is 209 Å². The number of benzene rings is 2. The minimum atomic E-state index is 0.446. The Bertz CT molecular complexity index is 1050. The van der Waals surface area contributed by atoms with E-state index in [2.05, 4.69) is 127 Å². The lowest BCUT2D eigenvalue weighted by Gasteiger charge is -2.23. The van der Waals surface area contributed by atoms with E-state index in [0.717, 1.165) is 12.6 Å². The maximum Gasteiger partial charge on any atom is 0.268 e. The third kappa shape index (κ3) is 5.04. The fraction of sp³-hybridized carbons (Fsp3) is 0.516. The summed E-state index contributed by atoms with van der Waals surface area (Å²) in [6.45, 7) is 23.5. The monoisotopic (exact) mass is 456 g/mol. The third-order valence-electron chi connectivity index (χ3n) is 7.28. The predicted octanol–water partition coefficient (Wildman–Crippen LogP) is 7.79. The van der Waals surface area contributed by atoms with E-state index in [1.165, 1.54) is 39.2 Å². The lowest BCUT2D eigenvalue weighted by molar-refractivity contribution is -0.582. The zero-order chi connectivity index (χ0) is 25.2. The summed E-state index contributed by atoms with van der Waals surface area (Å²) >= 11 is 0. The van der Waals surface area contributed by atoms with Crippen molar-refractivity contribution >= 4 is 12.3 Å². The van der Waals surface area contributed by atoms with Crippen molar-refractivity contribution in [3.8, 4) is 11.4 Å². The van der Waals surface area contributed by atoms with Crippen LogP contribution in [-0.2, 0) is 0 Å². The van der Waals surface area contributed by atoms with Crippen LogP contribution in [0.25, 0.3) is 11.4 Å². The molecule has 0 unspecified atom stereocenters. The minimum Gasteiger partial charge on any atom is -0.302 e. The number of nitrogens with zero attached hydrogens (tertiary/aromatic N) is 2. The third-order valence-corrected chi connectivity index (χ3v) is 7.28. The van der Waals surface area contributed by atoms with E-state index in [9.17, 15) is 0 Å². The molecular formula is C31H45BN2. The summed E-state index contributed by atoms with van der Waals surface area (Å²) in [6.07, 6.45) is 8.51. The first-order valence-electron chi connectivity index (χ1n) is 13.4. The molecule has 2 aromatic carbocycles. The molecule has 0 amide bonds. The zero-order valence-electron chi connectivity index (χ0n) is 23.2. The van der Waals surface area contributed by atoms with Crippen molar-refractivity contribution in [2.24, 2.45) is 0 Å². The smallest absolute Gasteiger partial charge is 0.268 e. The molecule has 0 aliphatic rings. The highest BCUT2D eigenvalue weighted by Gasteiger charge is 2.26. The number of aromatic nitrogens is 2. The Kier molecular flexibility index (Phi) is 8.50. The van der Waals surface area contributed by atoms with Crippen LogP contribution in [0.15, 0.2) is 42.6 Å². The standard InChI is InChI=1S/C31H45BN2/c1-11-32(12-2)29-19-33(30-25(21(3)4)15-13-16-26(30)22(5)6)20-34(29)31-27(23(7)8)17-14-18-28(31)24(9)10/h13-19,21-24H,11-12H2,1-10H3. The van der Waals surface area contributed by atoms with Crippen molar-refractivity contribution in [3.05, 3.63) is 71.2 Å². The highest BCUT2D eigenvalue weighted by molar-refractivity contribution is 6.71. The number of para-hydroxylation sites is 2. The van der Waals surface area contributed by atoms with E-state index in [0.29, 0.717) is 30.4 Å². The van der Waals surface area contributed by atoms with E-state index in [-0.39, 0.29) is 0 Å². The molecule has 0 aliphatic heterocycles. The number of rotatable bonds is 9. The quantitative estimate of drug-likeness (QED) is 0.177. The summed E-state index contributed by atoms with van der Waals surface area (Å²) in [7, 11) is 0. The second-order valence-electron chi connectivity index (χ2n) is 11.1. The van der Waals surface area contributed by atoms with Gasteiger partial charge in [0.2, 0.25) is 0 Å². The Morgan fingerprint density at radius 2 is 1.12 bits per heavy atom. The molecule has 3 aromatic rings. The second-order valence-corrected chi connectivity index (χ2v) is 11.1. The fourth-order valence-corrected chi connectivity index (χ4v) is 5.23. The molecule has 0 N–H and O–H groups in total. The SMILES string of the molecule is CCB(CC)c1cn(-c2c(C(C)C)cccc2C(C)C)[c-][n+]1-c1c(C(C)C)cccc1C(C)C. The average Bonchev–Trinajstić information content (AvgIpc) is 3.23. The van der Waals surface area contributed by atoms with Gasteiger partial charge in [-0.15, -0.1) is 0 Å². The van der Waals surface area contributed by atoms with Gasteiger partial charge >= 0.3 is 0 Å². The Hall–Kier alpha value is -2.29. The average molecular weight is 457 g/mol. The van der Waals surface area contributed by atoms with E-state index < -0.39 is 0 Å². The van der Waals surface area contributed by atoms with Gasteiger partial charge in [-0.25, -0.2) is 0 Å². The van der Waals surface area contributed by atoms with Crippen LogP contribution in [-0.4, -0.2) is 11.3 Å². The molecular weight excluding hydrogens is 411 g/mol. The first-order valence-corrected chi connectivity index (χ1v) is 13.4. The molecule has 0 spiro atoms. The molecule has 0 radical (unpaired) electrons. The first kappa shape index (κ1) is 26.3. The first-order chi connectivity index (χ1) is 16.1. The molecule has 0 aliphatic carbocycles. The van der Waals surface area contributed by atoms with Crippen LogP contribution >= 0.6 is 0 Å². The molecule has 0 atom stereocenters. The van der Waals surface area contributed by atoms with Crippen LogP contribution < -0.4 is 10.2 Å². The molecule has 2 nitrogen and oxygen atoms in total. The Morgan fingerprint density at radius 1 is 0.706 bits per heavy atom. The van der Waals surface area contributed by atoms with Crippen molar-refractivity contribution in [1.29, 1.82) is 0 Å². The Morgan fingerprint density at radius 3 is 1.50 bits per heavy atom. The van der Waals surface area contributed by atoms with Gasteiger partial charge in [0.1, 0.15) is 0 Å². The molecule has 34 heavy (non-hydrogen) atoms. The molecule has 0 fully saturated rings. The van der Waals surface area contributed by atoms with Gasteiger partial charge in [0, 0.05) is 11.8 Å². The minimum absolute atomic E-state index is 0.446. The van der Waals surface area contributed by atoms with E-state index in [4.69, 9.17) is 0 Å². The van der Waals surface area contributed by atoms with Crippen LogP contribution in [0.5, 0.6) is 0 Å². The van der Waals surface area contributed by atoms with Gasteiger partial charge in [-0.05, 0) is 45.9 Å². The zero-order valence-corrected chi connectivity index (χ0v) is 23.2. The van der Waals surface area contributed by atoms with E-state index >= 15 is 0 Å². The van der Waals surface area contributed by atoms with Gasteiger partial charge in [0.25, 0.3) is 6.33 Å². The molecule has 0 saturated carbocycles. The molecule has 0 bridgehead atoms. The van der Waals surface area contributed by atoms with Gasteiger partial charge in [-0.1, -0.05) is 118 Å². The maximum absolute atomic E-state index is 3.88. The van der Waals surface area contributed by atoms with E-state index in [1.807, 2.05) is 0 Å². The summed E-state index contributed by atoms with van der Waals surface area (Å²) in [5, 5.41) is 0. The molecule has 1 aromatic heterocycles. The fourth-order valence-electron chi connectivity index (χ4n) is 5.23. The van der Waals surface area contributed by atoms with E-state index in [1.54, 1.807) is 0 Å². The van der Waals surface area contributed by atoms with Crippen molar-refractivity contribution in [1.82, 2.24) is 4.57 Å². The van der Waals surface area contributed by atoms with Gasteiger partial charge in [0.15, 0.2) is 6.71 Å². The molecule has 1 heterocycles. The molecule has 182 valence electrons. The highest BCUT2D eigenvalue weighted by Crippen LogP contribution is 2.32. The normalized spacial score (nSPS) is 11.9. The van der Waals surface area contributed by atoms with Gasteiger partial charge in [0.05, 0.1) is 11.4 Å². The van der Waals surface area contributed by atoms with Crippen molar-refractivity contribution in [3.63, 3.8) is 0 Å². The summed E-state index contributed by atoms with van der Waals surface area (Å²) in [5.74, 6) is 1.79. The number of imidazole rings is 1. The van der Waals surface area contributed by atoms with Crippen LogP contribution in [0, 0.1) is 6.33 Å². The van der Waals surface area contributed by atoms with Gasteiger partial charge in [-0.3, -0.25) is 4.57 Å². The molecule has 3 heteroatoms. The second kappa shape index (κ2) is 11.0. The largest absolute Gasteiger partial charge is 0.302 e. The van der Waals surface area contributed by atoms with Gasteiger partial charge < -0.3 is 4.57 Å². The van der Waals surface area contributed by atoms with Crippen molar-refractivity contribution in [2.45, 2.75) is 106 Å².